The molecule has 1 amide bonds. The first-order valence-corrected chi connectivity index (χ1v) is 10.8. The molecule has 0 unspecified atom stereocenters. The van der Waals surface area contributed by atoms with Crippen LogP contribution >= 0.6 is 0 Å². The second kappa shape index (κ2) is 9.73. The van der Waals surface area contributed by atoms with Gasteiger partial charge in [-0.1, -0.05) is 12.1 Å². The van der Waals surface area contributed by atoms with E-state index in [1.165, 1.54) is 0 Å². The Balaban J connectivity index is 1.33. The van der Waals surface area contributed by atoms with Crippen molar-refractivity contribution in [3.05, 3.63) is 115 Å². The minimum absolute atomic E-state index is 0.261. The van der Waals surface area contributed by atoms with E-state index in [0.717, 1.165) is 22.3 Å². The van der Waals surface area contributed by atoms with E-state index in [4.69, 9.17) is 4.74 Å². The van der Waals surface area contributed by atoms with E-state index in [1.54, 1.807) is 67.1 Å². The average molecular weight is 457 g/mol. The van der Waals surface area contributed by atoms with Crippen molar-refractivity contribution in [3.63, 3.8) is 0 Å². The highest BCUT2D eigenvalue weighted by Gasteiger charge is 2.10. The lowest BCUT2D eigenvalue weighted by atomic mass is 10.1. The van der Waals surface area contributed by atoms with E-state index in [2.05, 4.69) is 26.7 Å². The van der Waals surface area contributed by atoms with Gasteiger partial charge in [0.1, 0.15) is 11.5 Å². The Morgan fingerprint density at radius 1 is 0.829 bits per heavy atom. The van der Waals surface area contributed by atoms with Crippen LogP contribution in [0, 0.1) is 11.3 Å². The summed E-state index contributed by atoms with van der Waals surface area (Å²) in [6.07, 6.45) is 5.06. The Morgan fingerprint density at radius 3 is 2.51 bits per heavy atom. The summed E-state index contributed by atoms with van der Waals surface area (Å²) in [5, 5.41) is 16.2. The zero-order chi connectivity index (χ0) is 24.0. The molecular weight excluding hydrogens is 438 g/mol. The zero-order valence-corrected chi connectivity index (χ0v) is 18.5. The van der Waals surface area contributed by atoms with Crippen LogP contribution in [-0.4, -0.2) is 15.9 Å². The SMILES string of the molecule is N#Cc1ccc2nccc(Oc3cccc(C(=O)Nc4cccc(Nc5ccncc5)c4)c3)c2c1. The Morgan fingerprint density at radius 2 is 1.66 bits per heavy atom. The fraction of sp³-hybridized carbons (Fsp3) is 0. The van der Waals surface area contributed by atoms with Crippen LogP contribution in [0.1, 0.15) is 15.9 Å². The number of ether oxygens (including phenoxy) is 1. The summed E-state index contributed by atoms with van der Waals surface area (Å²) in [5.74, 6) is 0.794. The Hall–Kier alpha value is -5.22. The largest absolute Gasteiger partial charge is 0.457 e. The van der Waals surface area contributed by atoms with E-state index in [0.29, 0.717) is 28.3 Å². The third-order valence-electron chi connectivity index (χ3n) is 5.24. The molecule has 0 atom stereocenters. The molecular formula is C28H19N5O2. The molecule has 168 valence electrons. The lowest BCUT2D eigenvalue weighted by molar-refractivity contribution is 0.102. The average Bonchev–Trinajstić information content (AvgIpc) is 2.89. The first kappa shape index (κ1) is 21.6. The van der Waals surface area contributed by atoms with E-state index in [1.807, 2.05) is 36.4 Å². The highest BCUT2D eigenvalue weighted by Crippen LogP contribution is 2.30. The van der Waals surface area contributed by atoms with Gasteiger partial charge >= 0.3 is 0 Å². The monoisotopic (exact) mass is 457 g/mol. The second-order valence-corrected chi connectivity index (χ2v) is 7.68. The maximum atomic E-state index is 12.9. The molecule has 5 aromatic rings. The maximum Gasteiger partial charge on any atom is 0.255 e. The van der Waals surface area contributed by atoms with Crippen LogP contribution in [-0.2, 0) is 0 Å². The maximum absolute atomic E-state index is 12.9. The van der Waals surface area contributed by atoms with Gasteiger partial charge in [0, 0.05) is 46.6 Å². The molecule has 0 radical (unpaired) electrons. The molecule has 0 aliphatic carbocycles. The van der Waals surface area contributed by atoms with Crippen LogP contribution in [0.3, 0.4) is 0 Å². The third kappa shape index (κ3) is 5.07. The summed E-state index contributed by atoms with van der Waals surface area (Å²) in [6, 6.07) is 27.2. The van der Waals surface area contributed by atoms with Gasteiger partial charge in [0.2, 0.25) is 0 Å². The zero-order valence-electron chi connectivity index (χ0n) is 18.5. The molecule has 0 fully saturated rings. The number of fused-ring (bicyclic) bond motifs is 1. The van der Waals surface area contributed by atoms with Crippen LogP contribution in [0.25, 0.3) is 10.9 Å². The number of nitriles is 1. The van der Waals surface area contributed by atoms with Gasteiger partial charge < -0.3 is 15.4 Å². The van der Waals surface area contributed by atoms with Crippen LogP contribution in [0.2, 0.25) is 0 Å². The van der Waals surface area contributed by atoms with E-state index in [-0.39, 0.29) is 5.91 Å². The number of amides is 1. The number of rotatable bonds is 6. The molecule has 0 bridgehead atoms. The summed E-state index contributed by atoms with van der Waals surface area (Å²) in [4.78, 5) is 21.3. The van der Waals surface area contributed by atoms with Crippen molar-refractivity contribution in [1.29, 1.82) is 5.26 Å². The molecule has 2 aromatic heterocycles. The molecule has 7 nitrogen and oxygen atoms in total. The highest BCUT2D eigenvalue weighted by molar-refractivity contribution is 6.04. The first-order chi connectivity index (χ1) is 17.2. The van der Waals surface area contributed by atoms with Gasteiger partial charge in [0.05, 0.1) is 17.1 Å². The van der Waals surface area contributed by atoms with Crippen molar-refractivity contribution in [1.82, 2.24) is 9.97 Å². The second-order valence-electron chi connectivity index (χ2n) is 7.68. The smallest absolute Gasteiger partial charge is 0.255 e. The van der Waals surface area contributed by atoms with Gasteiger partial charge in [-0.3, -0.25) is 14.8 Å². The van der Waals surface area contributed by atoms with Gasteiger partial charge in [-0.15, -0.1) is 0 Å². The normalized spacial score (nSPS) is 10.4. The number of anilines is 3. The number of benzene rings is 3. The summed E-state index contributed by atoms with van der Waals surface area (Å²) < 4.78 is 6.07. The van der Waals surface area contributed by atoms with Crippen LogP contribution in [0.5, 0.6) is 11.5 Å². The topological polar surface area (TPSA) is 99.9 Å². The number of hydrogen-bond acceptors (Lipinski definition) is 6. The first-order valence-electron chi connectivity index (χ1n) is 10.8. The molecule has 0 spiro atoms. The minimum Gasteiger partial charge on any atom is -0.457 e. The number of nitrogens with zero attached hydrogens (tertiary/aromatic N) is 3. The Kier molecular flexibility index (Phi) is 6.01. The van der Waals surface area contributed by atoms with Crippen molar-refractivity contribution in [2.75, 3.05) is 10.6 Å². The predicted molar refractivity (Wildman–Crippen MR) is 135 cm³/mol. The highest BCUT2D eigenvalue weighted by atomic mass is 16.5. The van der Waals surface area contributed by atoms with Crippen molar-refractivity contribution in [2.45, 2.75) is 0 Å². The fourth-order valence-electron chi connectivity index (χ4n) is 3.59. The van der Waals surface area contributed by atoms with Gasteiger partial charge in [-0.05, 0) is 72.8 Å². The Bertz CT molecular complexity index is 1560. The number of pyridine rings is 2. The van der Waals surface area contributed by atoms with Crippen LogP contribution in [0.4, 0.5) is 17.1 Å². The van der Waals surface area contributed by atoms with Crippen LogP contribution in [0.15, 0.2) is 104 Å². The Labute approximate surface area is 201 Å². The van der Waals surface area contributed by atoms with Gasteiger partial charge in [-0.25, -0.2) is 0 Å². The molecule has 0 saturated carbocycles. The van der Waals surface area contributed by atoms with Crippen molar-refractivity contribution < 1.29 is 9.53 Å². The standard InChI is InChI=1S/C28H19N5O2/c29-18-19-7-8-26-25(15-19)27(11-14-31-26)35-24-6-1-3-20(16-24)28(34)33-23-5-2-4-22(17-23)32-21-9-12-30-13-10-21/h1-17H,(H,30,32)(H,33,34). The molecule has 0 saturated heterocycles. The number of nitrogens with one attached hydrogen (secondary N) is 2. The summed E-state index contributed by atoms with van der Waals surface area (Å²) in [7, 11) is 0. The molecule has 0 aliphatic rings. The van der Waals surface area contributed by atoms with Gasteiger partial charge in [0.25, 0.3) is 5.91 Å². The summed E-state index contributed by atoms with van der Waals surface area (Å²) in [6.45, 7) is 0. The molecule has 3 aromatic carbocycles. The fourth-order valence-corrected chi connectivity index (χ4v) is 3.59. The number of aromatic nitrogens is 2. The molecule has 0 aliphatic heterocycles. The van der Waals surface area contributed by atoms with Crippen molar-refractivity contribution >= 4 is 33.9 Å². The quantitative estimate of drug-likeness (QED) is 0.311. The van der Waals surface area contributed by atoms with Crippen LogP contribution < -0.4 is 15.4 Å². The lowest BCUT2D eigenvalue weighted by Gasteiger charge is -2.11. The molecule has 2 N–H and O–H groups in total. The van der Waals surface area contributed by atoms with Gasteiger partial charge in [-0.2, -0.15) is 5.26 Å². The molecule has 2 heterocycles. The van der Waals surface area contributed by atoms with E-state index >= 15 is 0 Å². The third-order valence-corrected chi connectivity index (χ3v) is 5.24. The van der Waals surface area contributed by atoms with Gasteiger partial charge in [0.15, 0.2) is 0 Å². The van der Waals surface area contributed by atoms with Crippen molar-refractivity contribution in [2.24, 2.45) is 0 Å². The molecule has 5 rings (SSSR count). The molecule has 7 heteroatoms. The molecule has 35 heavy (non-hydrogen) atoms. The summed E-state index contributed by atoms with van der Waals surface area (Å²) >= 11 is 0. The minimum atomic E-state index is -0.261. The number of carbonyl (C=O) groups excluding carboxylic acids is 1. The van der Waals surface area contributed by atoms with Crippen molar-refractivity contribution in [3.8, 4) is 17.6 Å². The lowest BCUT2D eigenvalue weighted by Crippen LogP contribution is -2.12. The number of carbonyl (C=O) groups is 1. The van der Waals surface area contributed by atoms with E-state index in [9.17, 15) is 10.1 Å². The predicted octanol–water partition coefficient (Wildman–Crippen LogP) is 6.29. The summed E-state index contributed by atoms with van der Waals surface area (Å²) in [5.41, 5.74) is 4.08. The van der Waals surface area contributed by atoms with E-state index < -0.39 is 0 Å². The number of hydrogen-bond donors (Lipinski definition) is 2.